The zero-order chi connectivity index (χ0) is 42.5. The van der Waals surface area contributed by atoms with Crippen molar-refractivity contribution in [3.05, 3.63) is 12.7 Å². The Labute approximate surface area is 331 Å². The zero-order valence-electron chi connectivity index (χ0n) is 36.9. The van der Waals surface area contributed by atoms with Crippen molar-refractivity contribution < 1.29 is 24.0 Å². The molecular formula is C40H83N7O5S. The molecule has 0 aliphatic heterocycles. The number of Topliss-reactive ketones (excluding diaryl/α,β-unsaturated/α-hetero) is 1. The summed E-state index contributed by atoms with van der Waals surface area (Å²) in [5.74, 6) is -2.58. The third-order valence-corrected chi connectivity index (χ3v) is 8.13. The molecule has 0 spiro atoms. The van der Waals surface area contributed by atoms with Crippen LogP contribution < -0.4 is 26.6 Å². The highest BCUT2D eigenvalue weighted by Crippen LogP contribution is 2.23. The standard InChI is InChI=1S/C32H61N7O5S.2C3H8.C2H6/c1-13-16-34-28(42)25(40)23(15-3)35-27(41)22(6)38(18-14-2)29(43)26(32(10,11)12)37-30(44)36-24(31(7,8)9)20-33-17-19-39(45)21(4)5;2*1-3-2;1-2/h13,21-24,26,33,45H,1,14-20H2,2-12H3,(H,34,42)(H,35,41)(H2,36,37,44);2*3H2,1-2H3;1-2H3. The van der Waals surface area contributed by atoms with E-state index in [1.807, 2.05) is 66.6 Å². The van der Waals surface area contributed by atoms with Gasteiger partial charge in [-0.2, -0.15) is 0 Å². The van der Waals surface area contributed by atoms with E-state index < -0.39 is 53.1 Å². The van der Waals surface area contributed by atoms with E-state index in [0.29, 0.717) is 25.6 Å². The Morgan fingerprint density at radius 3 is 1.70 bits per heavy atom. The molecule has 5 amide bonds. The molecule has 0 aliphatic rings. The third kappa shape index (κ3) is 25.9. The van der Waals surface area contributed by atoms with Gasteiger partial charge in [0.25, 0.3) is 5.91 Å². The molecule has 314 valence electrons. The number of carbonyl (C=O) groups excluding carboxylic acids is 5. The van der Waals surface area contributed by atoms with E-state index in [0.717, 1.165) is 6.54 Å². The average molecular weight is 774 g/mol. The van der Waals surface area contributed by atoms with Crippen LogP contribution in [0.2, 0.25) is 0 Å². The van der Waals surface area contributed by atoms with Crippen molar-refractivity contribution in [2.75, 3.05) is 32.7 Å². The van der Waals surface area contributed by atoms with Crippen molar-refractivity contribution in [1.82, 2.24) is 35.8 Å². The molecule has 4 atom stereocenters. The first-order valence-electron chi connectivity index (χ1n) is 19.8. The Balaban J connectivity index is -0.00000137. The van der Waals surface area contributed by atoms with Gasteiger partial charge in [0.05, 0.1) is 6.04 Å². The molecule has 5 N–H and O–H groups in total. The van der Waals surface area contributed by atoms with E-state index in [1.165, 1.54) is 23.8 Å². The van der Waals surface area contributed by atoms with Crippen LogP contribution in [0.15, 0.2) is 12.7 Å². The number of carbonyl (C=O) groups is 5. The van der Waals surface area contributed by atoms with Crippen molar-refractivity contribution in [1.29, 1.82) is 0 Å². The summed E-state index contributed by atoms with van der Waals surface area (Å²) in [4.78, 5) is 66.9. The maximum Gasteiger partial charge on any atom is 0.315 e. The number of ketones is 1. The molecule has 12 nitrogen and oxygen atoms in total. The molecule has 13 heteroatoms. The van der Waals surface area contributed by atoms with E-state index in [2.05, 4.69) is 87.5 Å². The lowest BCUT2D eigenvalue weighted by Gasteiger charge is -2.38. The first-order chi connectivity index (χ1) is 24.5. The lowest BCUT2D eigenvalue weighted by atomic mass is 9.85. The van der Waals surface area contributed by atoms with Gasteiger partial charge in [0.2, 0.25) is 17.6 Å². The highest BCUT2D eigenvalue weighted by Gasteiger charge is 2.39. The number of nitrogens with zero attached hydrogens (tertiary/aromatic N) is 2. The Bertz CT molecular complexity index is 1030. The molecule has 0 aromatic rings. The number of nitrogens with one attached hydrogen (secondary N) is 5. The number of amides is 5. The van der Waals surface area contributed by atoms with E-state index in [9.17, 15) is 24.0 Å². The second-order valence-corrected chi connectivity index (χ2v) is 15.8. The van der Waals surface area contributed by atoms with E-state index >= 15 is 0 Å². The quantitative estimate of drug-likeness (QED) is 0.0379. The van der Waals surface area contributed by atoms with Crippen molar-refractivity contribution in [2.45, 2.75) is 174 Å². The van der Waals surface area contributed by atoms with Gasteiger partial charge < -0.3 is 31.5 Å². The summed E-state index contributed by atoms with van der Waals surface area (Å²) in [6.07, 6.45) is 4.71. The molecule has 0 bridgehead atoms. The number of rotatable bonds is 19. The van der Waals surface area contributed by atoms with Crippen molar-refractivity contribution in [3.63, 3.8) is 0 Å². The maximum absolute atomic E-state index is 14.0. The summed E-state index contributed by atoms with van der Waals surface area (Å²) in [5.41, 5.74) is -0.967. The maximum atomic E-state index is 14.0. The Kier molecular flexibility index (Phi) is 34.1. The second kappa shape index (κ2) is 31.7. The lowest BCUT2D eigenvalue weighted by Crippen LogP contribution is -2.62. The van der Waals surface area contributed by atoms with Gasteiger partial charge in [-0.15, -0.1) is 6.58 Å². The van der Waals surface area contributed by atoms with Gasteiger partial charge in [0, 0.05) is 44.8 Å². The van der Waals surface area contributed by atoms with Gasteiger partial charge in [-0.25, -0.2) is 9.10 Å². The largest absolute Gasteiger partial charge is 0.346 e. The first kappa shape index (κ1) is 57.1. The number of hydrogen-bond donors (Lipinski definition) is 6. The van der Waals surface area contributed by atoms with Crippen LogP contribution in [0, 0.1) is 10.8 Å². The molecule has 0 aromatic carbocycles. The second-order valence-electron chi connectivity index (χ2n) is 15.3. The molecule has 0 aromatic heterocycles. The van der Waals surface area contributed by atoms with Crippen molar-refractivity contribution >= 4 is 42.4 Å². The lowest BCUT2D eigenvalue weighted by molar-refractivity contribution is -0.145. The minimum absolute atomic E-state index is 0.124. The summed E-state index contributed by atoms with van der Waals surface area (Å²) in [6, 6.07) is -3.40. The van der Waals surface area contributed by atoms with Crippen LogP contribution >= 0.6 is 12.8 Å². The Hall–Kier alpha value is -2.64. The summed E-state index contributed by atoms with van der Waals surface area (Å²) < 4.78 is 1.93. The van der Waals surface area contributed by atoms with Crippen LogP contribution in [0.25, 0.3) is 0 Å². The van der Waals surface area contributed by atoms with Crippen molar-refractivity contribution in [2.24, 2.45) is 10.8 Å². The molecule has 0 aliphatic carbocycles. The van der Waals surface area contributed by atoms with Crippen LogP contribution in [-0.2, 0) is 19.2 Å². The summed E-state index contributed by atoms with van der Waals surface area (Å²) in [6.45, 7) is 39.2. The minimum atomic E-state index is -1.05. The van der Waals surface area contributed by atoms with E-state index in [-0.39, 0.29) is 31.0 Å². The van der Waals surface area contributed by atoms with Gasteiger partial charge in [0.1, 0.15) is 12.1 Å². The molecule has 0 fully saturated rings. The number of hydrogen-bond acceptors (Lipinski definition) is 8. The molecule has 0 saturated carbocycles. The topological polar surface area (TPSA) is 152 Å². The van der Waals surface area contributed by atoms with Gasteiger partial charge in [-0.1, -0.05) is 129 Å². The first-order valence-corrected chi connectivity index (χ1v) is 20.2. The summed E-state index contributed by atoms with van der Waals surface area (Å²) in [7, 11) is 0. The smallest absolute Gasteiger partial charge is 0.315 e. The molecule has 0 saturated heterocycles. The molecular weight excluding hydrogens is 691 g/mol. The van der Waals surface area contributed by atoms with Gasteiger partial charge in [0.15, 0.2) is 0 Å². The van der Waals surface area contributed by atoms with Crippen molar-refractivity contribution in [3.8, 4) is 0 Å². The van der Waals surface area contributed by atoms with Gasteiger partial charge in [-0.05, 0) is 44.4 Å². The predicted octanol–water partition coefficient (Wildman–Crippen LogP) is 6.51. The SMILES string of the molecule is C=CCNC(=O)C(=O)C(CC)NC(=O)C(C)N(CCC)C(=O)C(NC(=O)NC(CNCCN(S)C(C)C)C(C)(C)C)C(C)(C)C.CC.CCC.CCC. The summed E-state index contributed by atoms with van der Waals surface area (Å²) in [5, 5.41) is 14.4. The Morgan fingerprint density at radius 1 is 0.792 bits per heavy atom. The predicted molar refractivity (Wildman–Crippen MR) is 227 cm³/mol. The fourth-order valence-corrected chi connectivity index (χ4v) is 4.45. The molecule has 0 radical (unpaired) electrons. The van der Waals surface area contributed by atoms with Crippen LogP contribution in [0.4, 0.5) is 4.79 Å². The molecule has 4 unspecified atom stereocenters. The minimum Gasteiger partial charge on any atom is -0.346 e. The normalized spacial score (nSPS) is 13.2. The zero-order valence-corrected chi connectivity index (χ0v) is 37.8. The van der Waals surface area contributed by atoms with E-state index in [4.69, 9.17) is 0 Å². The average Bonchev–Trinajstić information content (AvgIpc) is 3.08. The fourth-order valence-electron chi connectivity index (χ4n) is 4.35. The Morgan fingerprint density at radius 2 is 1.30 bits per heavy atom. The number of thiol groups is 1. The highest BCUT2D eigenvalue weighted by atomic mass is 32.1. The van der Waals surface area contributed by atoms with Crippen LogP contribution in [0.1, 0.15) is 143 Å². The molecule has 0 rings (SSSR count). The van der Waals surface area contributed by atoms with Gasteiger partial charge in [-0.3, -0.25) is 19.2 Å². The highest BCUT2D eigenvalue weighted by molar-refractivity contribution is 7.77. The summed E-state index contributed by atoms with van der Waals surface area (Å²) >= 11 is 4.47. The monoisotopic (exact) mass is 774 g/mol. The fraction of sp³-hybridized carbons (Fsp3) is 0.825. The van der Waals surface area contributed by atoms with E-state index in [1.54, 1.807) is 13.8 Å². The third-order valence-electron chi connectivity index (χ3n) is 7.47. The van der Waals surface area contributed by atoms with Crippen LogP contribution in [-0.4, -0.2) is 102 Å². The molecule has 53 heavy (non-hydrogen) atoms. The molecule has 0 heterocycles. The van der Waals surface area contributed by atoms with Gasteiger partial charge >= 0.3 is 6.03 Å². The number of urea groups is 1. The van der Waals surface area contributed by atoms with Crippen LogP contribution in [0.3, 0.4) is 0 Å². The van der Waals surface area contributed by atoms with Crippen LogP contribution in [0.5, 0.6) is 0 Å².